The van der Waals surface area contributed by atoms with Crippen molar-refractivity contribution in [2.45, 2.75) is 0 Å². The molecule has 0 saturated heterocycles. The van der Waals surface area contributed by atoms with Crippen LogP contribution in [0.15, 0.2) is 152 Å². The predicted molar refractivity (Wildman–Crippen MR) is 187 cm³/mol. The van der Waals surface area contributed by atoms with Crippen LogP contribution in [0.4, 0.5) is 0 Å². The third-order valence-corrected chi connectivity index (χ3v) is 9.32. The summed E-state index contributed by atoms with van der Waals surface area (Å²) in [6, 6.07) is 52.9. The topological polar surface area (TPSA) is 36.3 Å². The van der Waals surface area contributed by atoms with Crippen molar-refractivity contribution in [3.8, 4) is 51.2 Å². The summed E-state index contributed by atoms with van der Waals surface area (Å²) in [4.78, 5) is 5.23. The molecule has 214 valence electrons. The molecule has 3 heterocycles. The Bertz CT molecular complexity index is 2430. The Morgan fingerprint density at radius 3 is 1.85 bits per heavy atom. The normalized spacial score (nSPS) is 12.7. The van der Waals surface area contributed by atoms with E-state index in [-0.39, 0.29) is 6.71 Å². The maximum atomic E-state index is 6.65. The molecule has 5 heteroatoms. The van der Waals surface area contributed by atoms with Crippen molar-refractivity contribution in [3.05, 3.63) is 152 Å². The standard InChI is InChI=1S/C41H25BN2O2/c1-2-14-28(15-3-1)44-34-21-7-6-20-33(34)43-41(44)30-17-11-13-26-12-10-16-29(39(26)30)27-24-37-40-38(25-27)46-36-23-9-5-19-32(36)42(40)31-18-4-8-22-35(31)45-37/h1-25H. The van der Waals surface area contributed by atoms with Crippen molar-refractivity contribution in [3.63, 3.8) is 0 Å². The fourth-order valence-electron chi connectivity index (χ4n) is 7.36. The average Bonchev–Trinajstić information content (AvgIpc) is 3.50. The third-order valence-electron chi connectivity index (χ3n) is 9.32. The molecule has 1 aromatic heterocycles. The summed E-state index contributed by atoms with van der Waals surface area (Å²) in [7, 11) is 0. The van der Waals surface area contributed by atoms with Gasteiger partial charge in [-0.25, -0.2) is 4.98 Å². The summed E-state index contributed by atoms with van der Waals surface area (Å²) in [5.41, 5.74) is 9.69. The number of nitrogens with zero attached hydrogens (tertiary/aromatic N) is 2. The van der Waals surface area contributed by atoms with Gasteiger partial charge in [0.1, 0.15) is 28.8 Å². The van der Waals surface area contributed by atoms with Crippen LogP contribution in [0, 0.1) is 0 Å². The Hall–Kier alpha value is -6.07. The van der Waals surface area contributed by atoms with Crippen molar-refractivity contribution in [2.24, 2.45) is 0 Å². The highest BCUT2D eigenvalue weighted by atomic mass is 16.5. The summed E-state index contributed by atoms with van der Waals surface area (Å²) in [6.45, 7) is 0.0443. The molecule has 0 saturated carbocycles. The van der Waals surface area contributed by atoms with Crippen LogP contribution >= 0.6 is 0 Å². The van der Waals surface area contributed by atoms with Crippen LogP contribution in [0.3, 0.4) is 0 Å². The van der Waals surface area contributed by atoms with Crippen molar-refractivity contribution >= 4 is 44.9 Å². The lowest BCUT2D eigenvalue weighted by Crippen LogP contribution is -2.57. The first-order valence-electron chi connectivity index (χ1n) is 15.6. The van der Waals surface area contributed by atoms with Gasteiger partial charge in [0.2, 0.25) is 0 Å². The van der Waals surface area contributed by atoms with Gasteiger partial charge in [-0.1, -0.05) is 103 Å². The first-order valence-corrected chi connectivity index (χ1v) is 15.6. The molecule has 46 heavy (non-hydrogen) atoms. The van der Waals surface area contributed by atoms with Crippen LogP contribution in [0.5, 0.6) is 23.0 Å². The Labute approximate surface area is 266 Å². The van der Waals surface area contributed by atoms with E-state index in [4.69, 9.17) is 14.5 Å². The van der Waals surface area contributed by atoms with E-state index in [0.29, 0.717) is 0 Å². The lowest BCUT2D eigenvalue weighted by Gasteiger charge is -2.33. The van der Waals surface area contributed by atoms with Gasteiger partial charge < -0.3 is 9.47 Å². The fourth-order valence-corrected chi connectivity index (χ4v) is 7.36. The number of para-hydroxylation sites is 5. The Morgan fingerprint density at radius 1 is 0.522 bits per heavy atom. The quantitative estimate of drug-likeness (QED) is 0.195. The smallest absolute Gasteiger partial charge is 0.260 e. The molecule has 7 aromatic carbocycles. The second-order valence-electron chi connectivity index (χ2n) is 11.9. The summed E-state index contributed by atoms with van der Waals surface area (Å²) in [6.07, 6.45) is 0. The summed E-state index contributed by atoms with van der Waals surface area (Å²) < 4.78 is 15.6. The van der Waals surface area contributed by atoms with E-state index in [0.717, 1.165) is 89.4 Å². The van der Waals surface area contributed by atoms with E-state index in [1.54, 1.807) is 0 Å². The second-order valence-corrected chi connectivity index (χ2v) is 11.9. The minimum Gasteiger partial charge on any atom is -0.458 e. The lowest BCUT2D eigenvalue weighted by molar-refractivity contribution is 0.465. The molecule has 10 rings (SSSR count). The van der Waals surface area contributed by atoms with E-state index in [1.165, 1.54) is 0 Å². The summed E-state index contributed by atoms with van der Waals surface area (Å²) in [5.74, 6) is 4.33. The molecular formula is C41H25BN2O2. The van der Waals surface area contributed by atoms with Crippen LogP contribution < -0.4 is 25.9 Å². The number of fused-ring (bicyclic) bond motifs is 6. The zero-order valence-electron chi connectivity index (χ0n) is 24.7. The van der Waals surface area contributed by atoms with Gasteiger partial charge in [-0.2, -0.15) is 0 Å². The van der Waals surface area contributed by atoms with Crippen molar-refractivity contribution in [2.75, 3.05) is 0 Å². The van der Waals surface area contributed by atoms with Crippen molar-refractivity contribution in [1.29, 1.82) is 0 Å². The predicted octanol–water partition coefficient (Wildman–Crippen LogP) is 8.24. The van der Waals surface area contributed by atoms with Crippen molar-refractivity contribution in [1.82, 2.24) is 9.55 Å². The number of imidazole rings is 1. The average molecular weight is 588 g/mol. The molecule has 0 amide bonds. The van der Waals surface area contributed by atoms with Gasteiger partial charge >= 0.3 is 0 Å². The van der Waals surface area contributed by atoms with Crippen LogP contribution in [-0.2, 0) is 0 Å². The first-order chi connectivity index (χ1) is 22.8. The highest BCUT2D eigenvalue weighted by Gasteiger charge is 2.40. The maximum absolute atomic E-state index is 6.65. The van der Waals surface area contributed by atoms with Crippen LogP contribution in [-0.4, -0.2) is 16.3 Å². The van der Waals surface area contributed by atoms with Gasteiger partial charge in [0.05, 0.1) is 11.0 Å². The van der Waals surface area contributed by atoms with Gasteiger partial charge in [-0.15, -0.1) is 0 Å². The highest BCUT2D eigenvalue weighted by Crippen LogP contribution is 2.42. The van der Waals surface area contributed by atoms with Gasteiger partial charge in [-0.05, 0) is 76.0 Å². The van der Waals surface area contributed by atoms with Gasteiger partial charge in [0.25, 0.3) is 6.71 Å². The molecule has 2 aliphatic heterocycles. The van der Waals surface area contributed by atoms with Crippen molar-refractivity contribution < 1.29 is 9.47 Å². The third kappa shape index (κ3) is 3.66. The second kappa shape index (κ2) is 9.72. The van der Waals surface area contributed by atoms with Gasteiger partial charge in [0.15, 0.2) is 0 Å². The van der Waals surface area contributed by atoms with Crippen LogP contribution in [0.1, 0.15) is 0 Å². The molecule has 0 N–H and O–H groups in total. The Balaban J connectivity index is 1.23. The molecule has 8 aromatic rings. The molecule has 0 atom stereocenters. The van der Waals surface area contributed by atoms with Gasteiger partial charge in [0, 0.05) is 22.1 Å². The van der Waals surface area contributed by atoms with E-state index < -0.39 is 0 Å². The molecule has 2 aliphatic rings. The summed E-state index contributed by atoms with van der Waals surface area (Å²) in [5, 5.41) is 2.28. The molecule has 0 spiro atoms. The highest BCUT2D eigenvalue weighted by molar-refractivity contribution is 6.98. The van der Waals surface area contributed by atoms with E-state index in [1.807, 2.05) is 24.3 Å². The van der Waals surface area contributed by atoms with E-state index >= 15 is 0 Å². The molecule has 0 fully saturated rings. The molecule has 0 unspecified atom stereocenters. The number of rotatable bonds is 3. The molecule has 0 aliphatic carbocycles. The number of aromatic nitrogens is 2. The fraction of sp³-hybridized carbons (Fsp3) is 0. The monoisotopic (exact) mass is 588 g/mol. The molecule has 0 bridgehead atoms. The number of benzene rings is 7. The maximum Gasteiger partial charge on any atom is 0.260 e. The zero-order chi connectivity index (χ0) is 30.2. The zero-order valence-corrected chi connectivity index (χ0v) is 24.7. The Kier molecular flexibility index (Phi) is 5.34. The van der Waals surface area contributed by atoms with Gasteiger partial charge in [-0.3, -0.25) is 4.57 Å². The Morgan fingerprint density at radius 2 is 1.13 bits per heavy atom. The minimum absolute atomic E-state index is 0.0443. The first kappa shape index (κ1) is 25.3. The number of ether oxygens (including phenoxy) is 2. The minimum atomic E-state index is 0.0443. The number of hydrogen-bond acceptors (Lipinski definition) is 3. The largest absolute Gasteiger partial charge is 0.458 e. The summed E-state index contributed by atoms with van der Waals surface area (Å²) >= 11 is 0. The lowest BCUT2D eigenvalue weighted by atomic mass is 9.35. The van der Waals surface area contributed by atoms with E-state index in [2.05, 4.69) is 132 Å². The molecular weight excluding hydrogens is 563 g/mol. The van der Waals surface area contributed by atoms with Crippen LogP contribution in [0.2, 0.25) is 0 Å². The van der Waals surface area contributed by atoms with E-state index in [9.17, 15) is 0 Å². The number of hydrogen-bond donors (Lipinski definition) is 0. The molecule has 4 nitrogen and oxygen atoms in total. The SMILES string of the molecule is c1ccc(-n2c(-c3cccc4cccc(-c5cc6c7c(c5)Oc5ccccc5B7c5ccccc5O6)c34)nc3ccccc32)cc1. The van der Waals surface area contributed by atoms with Crippen LogP contribution in [0.25, 0.3) is 50.0 Å². The molecule has 0 radical (unpaired) electrons.